The third-order valence-electron chi connectivity index (χ3n) is 2.10. The molecule has 0 aromatic carbocycles. The molecule has 20 heavy (non-hydrogen) atoms. The van der Waals surface area contributed by atoms with Gasteiger partial charge in [0.1, 0.15) is 0 Å². The van der Waals surface area contributed by atoms with Gasteiger partial charge in [0, 0.05) is 5.54 Å². The third kappa shape index (κ3) is 3.11. The lowest BCUT2D eigenvalue weighted by Crippen LogP contribution is -2.68. The van der Waals surface area contributed by atoms with Crippen LogP contribution < -0.4 is 5.32 Å². The molecule has 11 heteroatoms. The van der Waals surface area contributed by atoms with E-state index in [1.165, 1.54) is 0 Å². The van der Waals surface area contributed by atoms with Gasteiger partial charge in [0.25, 0.3) is 5.91 Å². The van der Waals surface area contributed by atoms with Crippen molar-refractivity contribution in [3.63, 3.8) is 0 Å². The zero-order chi connectivity index (χ0) is 16.8. The zero-order valence-corrected chi connectivity index (χ0v) is 10.3. The second kappa shape index (κ2) is 4.69. The summed E-state index contributed by atoms with van der Waals surface area (Å²) in [5.74, 6) is -3.21. The third-order valence-corrected chi connectivity index (χ3v) is 2.10. The average Bonchev–Trinajstić information content (AvgIpc) is 1.88. The lowest BCUT2D eigenvalue weighted by Gasteiger charge is -2.38. The van der Waals surface area contributed by atoms with E-state index in [-0.39, 0.29) is 0 Å². The van der Waals surface area contributed by atoms with Crippen molar-refractivity contribution in [1.29, 1.82) is 0 Å². The smallest absolute Gasteiger partial charge is 0.350 e. The molecule has 0 rings (SSSR count). The monoisotopic (exact) mass is 319 g/mol. The van der Waals surface area contributed by atoms with E-state index in [0.717, 1.165) is 26.1 Å². The molecule has 0 saturated carbocycles. The summed E-state index contributed by atoms with van der Waals surface area (Å²) in [5.41, 5.74) is -8.19. The fraction of sp³-hybridized carbons (Fsp3) is 0.889. The largest absolute Gasteiger partial charge is 0.421 e. The highest BCUT2D eigenvalue weighted by Crippen LogP contribution is 2.59. The van der Waals surface area contributed by atoms with E-state index >= 15 is 0 Å². The van der Waals surface area contributed by atoms with Crippen LogP contribution in [0.15, 0.2) is 0 Å². The highest BCUT2D eigenvalue weighted by molar-refractivity contribution is 5.86. The van der Waals surface area contributed by atoms with Crippen LogP contribution in [0.1, 0.15) is 20.8 Å². The summed E-state index contributed by atoms with van der Waals surface area (Å²) in [4.78, 5) is 11.1. The van der Waals surface area contributed by atoms with Crippen LogP contribution in [0.3, 0.4) is 0 Å². The van der Waals surface area contributed by atoms with Crippen LogP contribution in [0.25, 0.3) is 0 Å². The molecule has 0 unspecified atom stereocenters. The van der Waals surface area contributed by atoms with Crippen LogP contribution in [0.4, 0.5) is 39.5 Å². The molecule has 1 amide bonds. The number of hydrogen-bond donors (Lipinski definition) is 1. The van der Waals surface area contributed by atoms with E-state index in [1.807, 2.05) is 0 Å². The molecule has 120 valence electrons. The Morgan fingerprint density at radius 3 is 1.10 bits per heavy atom. The van der Waals surface area contributed by atoms with Crippen molar-refractivity contribution < 1.29 is 44.3 Å². The van der Waals surface area contributed by atoms with E-state index in [1.54, 1.807) is 0 Å². The topological polar surface area (TPSA) is 29.1 Å². The van der Waals surface area contributed by atoms with E-state index in [9.17, 15) is 44.3 Å². The molecule has 0 aliphatic heterocycles. The predicted molar refractivity (Wildman–Crippen MR) is 48.5 cm³/mol. The predicted octanol–water partition coefficient (Wildman–Crippen LogP) is 3.57. The van der Waals surface area contributed by atoms with E-state index in [0.29, 0.717) is 0 Å². The molecule has 0 saturated heterocycles. The first-order valence-electron chi connectivity index (χ1n) is 4.90. The second-order valence-corrected chi connectivity index (χ2v) is 4.95. The van der Waals surface area contributed by atoms with Gasteiger partial charge < -0.3 is 5.32 Å². The van der Waals surface area contributed by atoms with Gasteiger partial charge in [0.05, 0.1) is 0 Å². The van der Waals surface area contributed by atoms with Gasteiger partial charge in [-0.2, -0.15) is 39.5 Å². The maximum absolute atomic E-state index is 12.5. The van der Waals surface area contributed by atoms with Gasteiger partial charge in [-0.15, -0.1) is 0 Å². The van der Waals surface area contributed by atoms with Gasteiger partial charge in [0.15, 0.2) is 0 Å². The molecule has 0 spiro atoms. The number of halogens is 9. The van der Waals surface area contributed by atoms with Crippen LogP contribution in [-0.2, 0) is 4.79 Å². The molecule has 0 radical (unpaired) electrons. The molecule has 0 bridgehead atoms. The molecule has 0 aliphatic carbocycles. The molecule has 0 aromatic heterocycles. The van der Waals surface area contributed by atoms with E-state index in [2.05, 4.69) is 0 Å². The van der Waals surface area contributed by atoms with Gasteiger partial charge in [-0.25, -0.2) is 0 Å². The number of carbonyl (C=O) groups is 1. The van der Waals surface area contributed by atoms with Gasteiger partial charge in [0.2, 0.25) is 0 Å². The van der Waals surface area contributed by atoms with E-state index in [4.69, 9.17) is 0 Å². The molecule has 0 fully saturated rings. The Morgan fingerprint density at radius 1 is 0.700 bits per heavy atom. The molecule has 2 nitrogen and oxygen atoms in total. The maximum atomic E-state index is 12.5. The summed E-state index contributed by atoms with van der Waals surface area (Å²) in [6.45, 7) is 2.83. The summed E-state index contributed by atoms with van der Waals surface area (Å²) < 4.78 is 112. The Kier molecular flexibility index (Phi) is 4.42. The van der Waals surface area contributed by atoms with Crippen molar-refractivity contribution >= 4 is 5.91 Å². The molecule has 0 heterocycles. The van der Waals surface area contributed by atoms with Crippen molar-refractivity contribution in [3.05, 3.63) is 0 Å². The standard InChI is InChI=1S/C9H10F9NO/c1-5(2,3)19-4(20)6(7(10,11)12,8(13,14)15)9(16,17)18/h1-3H3,(H,19,20). The van der Waals surface area contributed by atoms with Crippen molar-refractivity contribution in [3.8, 4) is 0 Å². The molecular formula is C9H10F9NO. The summed E-state index contributed by atoms with van der Waals surface area (Å²) in [6.07, 6.45) is -20.7. The van der Waals surface area contributed by atoms with Crippen molar-refractivity contribution in [2.24, 2.45) is 5.41 Å². The minimum Gasteiger partial charge on any atom is -0.350 e. The van der Waals surface area contributed by atoms with E-state index < -0.39 is 35.4 Å². The summed E-state index contributed by atoms with van der Waals surface area (Å²) in [5, 5.41) is 1.08. The first-order valence-corrected chi connectivity index (χ1v) is 4.90. The number of carbonyl (C=O) groups excluding carboxylic acids is 1. The highest BCUT2D eigenvalue weighted by Gasteiger charge is 2.88. The fourth-order valence-electron chi connectivity index (χ4n) is 1.30. The van der Waals surface area contributed by atoms with Crippen LogP contribution in [0.5, 0.6) is 0 Å². The normalized spacial score (nSPS) is 15.2. The Bertz CT molecular complexity index is 335. The highest BCUT2D eigenvalue weighted by atomic mass is 19.4. The summed E-state index contributed by atoms with van der Waals surface area (Å²) >= 11 is 0. The van der Waals surface area contributed by atoms with Crippen LogP contribution in [0.2, 0.25) is 0 Å². The van der Waals surface area contributed by atoms with Crippen LogP contribution >= 0.6 is 0 Å². The van der Waals surface area contributed by atoms with Gasteiger partial charge in [-0.05, 0) is 20.8 Å². The number of nitrogens with one attached hydrogen (secondary N) is 1. The zero-order valence-electron chi connectivity index (χ0n) is 10.3. The Labute approximate surface area is 107 Å². The molecule has 0 aromatic rings. The Balaban J connectivity index is 6.28. The van der Waals surface area contributed by atoms with Gasteiger partial charge in [-0.3, -0.25) is 4.79 Å². The lowest BCUT2D eigenvalue weighted by atomic mass is 9.83. The number of alkyl halides is 9. The lowest BCUT2D eigenvalue weighted by molar-refractivity contribution is -0.407. The molecular weight excluding hydrogens is 309 g/mol. The van der Waals surface area contributed by atoms with Gasteiger partial charge in [-0.1, -0.05) is 0 Å². The van der Waals surface area contributed by atoms with Gasteiger partial charge >= 0.3 is 23.9 Å². The molecule has 0 aliphatic rings. The van der Waals surface area contributed by atoms with Crippen molar-refractivity contribution in [1.82, 2.24) is 5.32 Å². The number of amides is 1. The SMILES string of the molecule is CC(C)(C)NC(=O)C(C(F)(F)F)(C(F)(F)F)C(F)(F)F. The Hall–Kier alpha value is -1.16. The maximum Gasteiger partial charge on any atom is 0.421 e. The second-order valence-electron chi connectivity index (χ2n) is 4.95. The average molecular weight is 319 g/mol. The first kappa shape index (κ1) is 18.8. The number of rotatable bonds is 1. The summed E-state index contributed by atoms with van der Waals surface area (Å²) in [6, 6.07) is 0. The molecule has 0 atom stereocenters. The quantitative estimate of drug-likeness (QED) is 0.736. The summed E-state index contributed by atoms with van der Waals surface area (Å²) in [7, 11) is 0. The van der Waals surface area contributed by atoms with Crippen LogP contribution in [-0.4, -0.2) is 30.0 Å². The minimum absolute atomic E-state index is 0.943. The first-order chi connectivity index (χ1) is 8.38. The fourth-order valence-corrected chi connectivity index (χ4v) is 1.30. The van der Waals surface area contributed by atoms with Crippen molar-refractivity contribution in [2.45, 2.75) is 44.8 Å². The minimum atomic E-state index is -6.89. The Morgan fingerprint density at radius 2 is 0.950 bits per heavy atom. The van der Waals surface area contributed by atoms with Crippen molar-refractivity contribution in [2.75, 3.05) is 0 Å². The van der Waals surface area contributed by atoms with Crippen LogP contribution in [0, 0.1) is 5.41 Å². The number of hydrogen-bond acceptors (Lipinski definition) is 1. The molecule has 1 N–H and O–H groups in total.